The number of hydrogen-bond donors (Lipinski definition) is 0. The first kappa shape index (κ1) is 17.3. The lowest BCUT2D eigenvalue weighted by atomic mass is 10.1. The molecule has 0 bridgehead atoms. The Morgan fingerprint density at radius 2 is 2.00 bits per heavy atom. The number of hydrogen-bond acceptors (Lipinski definition) is 5. The Kier molecular flexibility index (Phi) is 5.25. The Morgan fingerprint density at radius 1 is 1.35 bits per heavy atom. The van der Waals surface area contributed by atoms with E-state index in [-0.39, 0.29) is 34.2 Å². The van der Waals surface area contributed by atoms with Gasteiger partial charge in [0.15, 0.2) is 0 Å². The van der Waals surface area contributed by atoms with Crippen LogP contribution in [0.1, 0.15) is 12.5 Å². The molecule has 0 saturated carbocycles. The van der Waals surface area contributed by atoms with Crippen molar-refractivity contribution in [3.63, 3.8) is 0 Å². The topological polar surface area (TPSA) is 55.7 Å². The highest BCUT2D eigenvalue weighted by Crippen LogP contribution is 2.33. The number of nitrogens with zero attached hydrogens (tertiary/aromatic N) is 1. The molecular formula is C15H12F3NO3S. The van der Waals surface area contributed by atoms with Crippen LogP contribution in [0.4, 0.5) is 18.9 Å². The van der Waals surface area contributed by atoms with E-state index in [2.05, 4.69) is 4.99 Å². The molecule has 2 rings (SSSR count). The molecule has 0 radical (unpaired) electrons. The molecule has 8 heteroatoms. The van der Waals surface area contributed by atoms with E-state index in [0.717, 1.165) is 23.9 Å². The van der Waals surface area contributed by atoms with Crippen molar-refractivity contribution >= 4 is 34.7 Å². The van der Waals surface area contributed by atoms with Crippen molar-refractivity contribution in [1.82, 2.24) is 0 Å². The number of thioether (sulfide) groups is 1. The first-order valence-corrected chi connectivity index (χ1v) is 7.60. The Hall–Kier alpha value is -2.09. The molecule has 23 heavy (non-hydrogen) atoms. The third-order valence-corrected chi connectivity index (χ3v) is 3.97. The maximum absolute atomic E-state index is 12.5. The van der Waals surface area contributed by atoms with E-state index >= 15 is 0 Å². The van der Waals surface area contributed by atoms with Crippen LogP contribution in [0.2, 0.25) is 0 Å². The molecule has 0 atom stereocenters. The van der Waals surface area contributed by atoms with Crippen LogP contribution in [-0.4, -0.2) is 29.7 Å². The number of carbonyl (C=O) groups excluding carboxylic acids is 2. The van der Waals surface area contributed by atoms with Gasteiger partial charge in [0.1, 0.15) is 11.3 Å². The van der Waals surface area contributed by atoms with Crippen LogP contribution in [0.5, 0.6) is 0 Å². The van der Waals surface area contributed by atoms with Gasteiger partial charge in [-0.05, 0) is 31.2 Å². The molecule has 1 aliphatic heterocycles. The predicted octanol–water partition coefficient (Wildman–Crippen LogP) is 3.54. The number of rotatable bonds is 4. The highest BCUT2D eigenvalue weighted by Gasteiger charge is 2.31. The van der Waals surface area contributed by atoms with Gasteiger partial charge in [0, 0.05) is 11.3 Å². The third kappa shape index (κ3) is 4.01. The first-order chi connectivity index (χ1) is 10.9. The van der Waals surface area contributed by atoms with Gasteiger partial charge in [-0.1, -0.05) is 0 Å². The standard InChI is InChI=1S/C15H12F3NO3S/c1-2-22-14(21)12-9(7-20)8-23-13(12)19-11-5-3-10(4-6-11)15(16,17)18/h3-7H,2,8H2,1H3. The average Bonchev–Trinajstić information content (AvgIpc) is 2.90. The lowest BCUT2D eigenvalue weighted by molar-refractivity contribution is -0.138. The second-order valence-corrected chi connectivity index (χ2v) is 5.45. The molecule has 0 N–H and O–H groups in total. The summed E-state index contributed by atoms with van der Waals surface area (Å²) in [4.78, 5) is 27.1. The Labute approximate surface area is 134 Å². The Bertz CT molecular complexity index is 678. The second kappa shape index (κ2) is 6.99. The molecule has 0 aliphatic carbocycles. The van der Waals surface area contributed by atoms with Crippen LogP contribution in [0.3, 0.4) is 0 Å². The molecule has 0 unspecified atom stereocenters. The molecular weight excluding hydrogens is 331 g/mol. The van der Waals surface area contributed by atoms with E-state index in [1.165, 1.54) is 12.1 Å². The highest BCUT2D eigenvalue weighted by atomic mass is 32.2. The van der Waals surface area contributed by atoms with Crippen LogP contribution in [0, 0.1) is 0 Å². The number of aliphatic imine (C=N–C) groups is 1. The van der Waals surface area contributed by atoms with Gasteiger partial charge in [-0.3, -0.25) is 4.79 Å². The average molecular weight is 343 g/mol. The van der Waals surface area contributed by atoms with E-state index in [1.54, 1.807) is 6.92 Å². The molecule has 1 aromatic rings. The zero-order valence-corrected chi connectivity index (χ0v) is 12.8. The molecule has 0 amide bonds. The Morgan fingerprint density at radius 3 is 2.52 bits per heavy atom. The Balaban J connectivity index is 2.33. The van der Waals surface area contributed by atoms with Crippen LogP contribution in [-0.2, 0) is 20.5 Å². The lowest BCUT2D eigenvalue weighted by Crippen LogP contribution is -2.13. The quantitative estimate of drug-likeness (QED) is 0.620. The van der Waals surface area contributed by atoms with Crippen molar-refractivity contribution in [2.75, 3.05) is 12.4 Å². The van der Waals surface area contributed by atoms with Crippen molar-refractivity contribution < 1.29 is 27.5 Å². The summed E-state index contributed by atoms with van der Waals surface area (Å²) >= 11 is 1.16. The molecule has 0 saturated heterocycles. The largest absolute Gasteiger partial charge is 0.462 e. The van der Waals surface area contributed by atoms with Gasteiger partial charge < -0.3 is 4.74 Å². The van der Waals surface area contributed by atoms with Gasteiger partial charge >= 0.3 is 12.1 Å². The van der Waals surface area contributed by atoms with Gasteiger partial charge in [-0.25, -0.2) is 9.79 Å². The number of alkyl halides is 3. The highest BCUT2D eigenvalue weighted by molar-refractivity contribution is 8.15. The fourth-order valence-electron chi connectivity index (χ4n) is 1.87. The zero-order valence-electron chi connectivity index (χ0n) is 12.0. The summed E-state index contributed by atoms with van der Waals surface area (Å²) < 4.78 is 42.5. The van der Waals surface area contributed by atoms with Crippen LogP contribution < -0.4 is 0 Å². The fourth-order valence-corrected chi connectivity index (χ4v) is 2.91. The van der Waals surface area contributed by atoms with E-state index in [1.807, 2.05) is 0 Å². The number of carbonyl (C=O) groups is 2. The number of halogens is 3. The second-order valence-electron chi connectivity index (χ2n) is 4.49. The summed E-state index contributed by atoms with van der Waals surface area (Å²) in [5, 5.41) is 0.269. The summed E-state index contributed by atoms with van der Waals surface area (Å²) in [6.07, 6.45) is -3.86. The smallest absolute Gasteiger partial charge is 0.416 e. The summed E-state index contributed by atoms with van der Waals surface area (Å²) in [7, 11) is 0. The monoisotopic (exact) mass is 343 g/mol. The third-order valence-electron chi connectivity index (χ3n) is 2.95. The van der Waals surface area contributed by atoms with Gasteiger partial charge in [-0.2, -0.15) is 13.2 Å². The molecule has 4 nitrogen and oxygen atoms in total. The van der Waals surface area contributed by atoms with E-state index in [4.69, 9.17) is 4.74 Å². The summed E-state index contributed by atoms with van der Waals surface area (Å²) in [5.74, 6) is -0.387. The number of benzene rings is 1. The molecule has 0 spiro atoms. The van der Waals surface area contributed by atoms with Crippen molar-refractivity contribution in [2.24, 2.45) is 4.99 Å². The number of esters is 1. The molecule has 0 aromatic heterocycles. The minimum Gasteiger partial charge on any atom is -0.462 e. The summed E-state index contributed by atoms with van der Waals surface area (Å²) in [6.45, 7) is 1.78. The van der Waals surface area contributed by atoms with Gasteiger partial charge in [-0.15, -0.1) is 11.8 Å². The van der Waals surface area contributed by atoms with Gasteiger partial charge in [0.2, 0.25) is 0 Å². The molecule has 1 aromatic carbocycles. The first-order valence-electron chi connectivity index (χ1n) is 6.61. The lowest BCUT2D eigenvalue weighted by Gasteiger charge is -2.07. The number of ether oxygens (including phenoxy) is 1. The summed E-state index contributed by atoms with van der Waals surface area (Å²) in [5.41, 5.74) is -0.185. The van der Waals surface area contributed by atoms with Crippen molar-refractivity contribution in [2.45, 2.75) is 13.1 Å². The predicted molar refractivity (Wildman–Crippen MR) is 80.7 cm³/mol. The minimum atomic E-state index is -4.42. The van der Waals surface area contributed by atoms with Crippen molar-refractivity contribution in [3.05, 3.63) is 41.0 Å². The molecule has 122 valence electrons. The maximum Gasteiger partial charge on any atom is 0.416 e. The van der Waals surface area contributed by atoms with E-state index in [0.29, 0.717) is 6.29 Å². The van der Waals surface area contributed by atoms with E-state index in [9.17, 15) is 22.8 Å². The number of aldehydes is 1. The fraction of sp³-hybridized carbons (Fsp3) is 0.267. The SMILES string of the molecule is CCOC(=O)C1=C(C=O)CSC1=Nc1ccc(C(F)(F)F)cc1. The van der Waals surface area contributed by atoms with Crippen molar-refractivity contribution in [1.29, 1.82) is 0 Å². The maximum atomic E-state index is 12.5. The molecule has 0 fully saturated rings. The molecule has 1 heterocycles. The van der Waals surface area contributed by atoms with Gasteiger partial charge in [0.25, 0.3) is 0 Å². The minimum absolute atomic E-state index is 0.0757. The van der Waals surface area contributed by atoms with E-state index < -0.39 is 17.7 Å². The van der Waals surface area contributed by atoms with Crippen LogP contribution in [0.25, 0.3) is 0 Å². The molecule has 1 aliphatic rings. The zero-order chi connectivity index (χ0) is 17.0. The summed E-state index contributed by atoms with van der Waals surface area (Å²) in [6, 6.07) is 4.23. The van der Waals surface area contributed by atoms with Crippen LogP contribution >= 0.6 is 11.8 Å². The van der Waals surface area contributed by atoms with Gasteiger partial charge in [0.05, 0.1) is 23.4 Å². The van der Waals surface area contributed by atoms with Crippen LogP contribution in [0.15, 0.2) is 40.4 Å². The normalized spacial score (nSPS) is 16.8. The van der Waals surface area contributed by atoms with Crippen molar-refractivity contribution in [3.8, 4) is 0 Å².